The standard InChI is InChI=1S/C10H14N2O2/c1-3-4-5-8(13)9-10(14-2)12-7-6-11-9/h6-7H,3-5H2,1-2H3. The molecule has 1 aromatic heterocycles. The van der Waals surface area contributed by atoms with Crippen molar-refractivity contribution in [2.75, 3.05) is 7.11 Å². The minimum atomic E-state index is -0.00296. The molecule has 0 bridgehead atoms. The molecule has 0 aromatic carbocycles. The largest absolute Gasteiger partial charge is 0.479 e. The number of carbonyl (C=O) groups is 1. The Labute approximate surface area is 83.3 Å². The molecule has 0 amide bonds. The van der Waals surface area contributed by atoms with Gasteiger partial charge in [-0.25, -0.2) is 9.97 Å². The van der Waals surface area contributed by atoms with Crippen LogP contribution >= 0.6 is 0 Å². The van der Waals surface area contributed by atoms with Gasteiger partial charge in [-0.15, -0.1) is 0 Å². The zero-order chi connectivity index (χ0) is 10.4. The monoisotopic (exact) mass is 194 g/mol. The highest BCUT2D eigenvalue weighted by molar-refractivity contribution is 5.96. The molecule has 1 heterocycles. The molecule has 0 radical (unpaired) electrons. The van der Waals surface area contributed by atoms with E-state index < -0.39 is 0 Å². The van der Waals surface area contributed by atoms with Crippen LogP contribution in [0.2, 0.25) is 0 Å². The lowest BCUT2D eigenvalue weighted by molar-refractivity contribution is 0.0971. The average Bonchev–Trinajstić information content (AvgIpc) is 2.25. The van der Waals surface area contributed by atoms with Gasteiger partial charge in [-0.2, -0.15) is 0 Å². The maximum absolute atomic E-state index is 11.6. The van der Waals surface area contributed by atoms with Crippen LogP contribution in [0.4, 0.5) is 0 Å². The van der Waals surface area contributed by atoms with E-state index in [-0.39, 0.29) is 5.78 Å². The van der Waals surface area contributed by atoms with Crippen LogP contribution in [-0.2, 0) is 0 Å². The van der Waals surface area contributed by atoms with Crippen molar-refractivity contribution in [2.24, 2.45) is 0 Å². The molecular formula is C10H14N2O2. The summed E-state index contributed by atoms with van der Waals surface area (Å²) in [6.07, 6.45) is 5.38. The molecule has 0 aliphatic heterocycles. The highest BCUT2D eigenvalue weighted by atomic mass is 16.5. The van der Waals surface area contributed by atoms with E-state index in [1.54, 1.807) is 0 Å². The topological polar surface area (TPSA) is 52.1 Å². The molecular weight excluding hydrogens is 180 g/mol. The predicted octanol–water partition coefficient (Wildman–Crippen LogP) is 1.86. The summed E-state index contributed by atoms with van der Waals surface area (Å²) in [5, 5.41) is 0. The molecule has 76 valence electrons. The van der Waals surface area contributed by atoms with Gasteiger partial charge in [0.2, 0.25) is 5.88 Å². The van der Waals surface area contributed by atoms with Crippen molar-refractivity contribution in [2.45, 2.75) is 26.2 Å². The first kappa shape index (κ1) is 10.6. The van der Waals surface area contributed by atoms with Gasteiger partial charge in [-0.1, -0.05) is 13.3 Å². The molecule has 1 aromatic rings. The van der Waals surface area contributed by atoms with Crippen molar-refractivity contribution >= 4 is 5.78 Å². The molecule has 0 aliphatic carbocycles. The maximum atomic E-state index is 11.6. The van der Waals surface area contributed by atoms with Gasteiger partial charge in [-0.05, 0) is 6.42 Å². The number of rotatable bonds is 5. The van der Waals surface area contributed by atoms with E-state index in [0.717, 1.165) is 12.8 Å². The first-order valence-corrected chi connectivity index (χ1v) is 4.67. The minimum absolute atomic E-state index is 0.00296. The fourth-order valence-electron chi connectivity index (χ4n) is 1.12. The Morgan fingerprint density at radius 2 is 2.14 bits per heavy atom. The third-order valence-electron chi connectivity index (χ3n) is 1.88. The van der Waals surface area contributed by atoms with Gasteiger partial charge in [0.05, 0.1) is 7.11 Å². The number of ketones is 1. The summed E-state index contributed by atoms with van der Waals surface area (Å²) >= 11 is 0. The molecule has 0 spiro atoms. The van der Waals surface area contributed by atoms with Crippen LogP contribution in [0.15, 0.2) is 12.4 Å². The zero-order valence-electron chi connectivity index (χ0n) is 8.49. The van der Waals surface area contributed by atoms with Crippen molar-refractivity contribution in [3.05, 3.63) is 18.1 Å². The Hall–Kier alpha value is -1.45. The molecule has 0 saturated carbocycles. The summed E-state index contributed by atoms with van der Waals surface area (Å²) in [5.41, 5.74) is 0.337. The lowest BCUT2D eigenvalue weighted by atomic mass is 10.1. The Balaban J connectivity index is 2.78. The molecule has 0 unspecified atom stereocenters. The second kappa shape index (κ2) is 5.32. The molecule has 0 atom stereocenters. The van der Waals surface area contributed by atoms with Gasteiger partial charge in [0.25, 0.3) is 0 Å². The Morgan fingerprint density at radius 1 is 1.43 bits per heavy atom. The highest BCUT2D eigenvalue weighted by Gasteiger charge is 2.13. The third-order valence-corrected chi connectivity index (χ3v) is 1.88. The van der Waals surface area contributed by atoms with Gasteiger partial charge in [0.15, 0.2) is 11.5 Å². The smallest absolute Gasteiger partial charge is 0.243 e. The number of hydrogen-bond acceptors (Lipinski definition) is 4. The van der Waals surface area contributed by atoms with Gasteiger partial charge >= 0.3 is 0 Å². The quantitative estimate of drug-likeness (QED) is 0.671. The zero-order valence-corrected chi connectivity index (χ0v) is 8.49. The van der Waals surface area contributed by atoms with Crippen LogP contribution < -0.4 is 4.74 Å². The second-order valence-corrected chi connectivity index (χ2v) is 2.94. The Bertz CT molecular complexity index is 313. The maximum Gasteiger partial charge on any atom is 0.243 e. The van der Waals surface area contributed by atoms with E-state index in [1.165, 1.54) is 19.5 Å². The van der Waals surface area contributed by atoms with E-state index in [1.807, 2.05) is 6.92 Å². The predicted molar refractivity (Wildman–Crippen MR) is 52.4 cm³/mol. The molecule has 0 saturated heterocycles. The van der Waals surface area contributed by atoms with Crippen LogP contribution in [0.1, 0.15) is 36.7 Å². The van der Waals surface area contributed by atoms with Crippen molar-refractivity contribution < 1.29 is 9.53 Å². The van der Waals surface area contributed by atoms with Crippen LogP contribution in [-0.4, -0.2) is 22.9 Å². The normalized spacial score (nSPS) is 9.86. The van der Waals surface area contributed by atoms with Gasteiger partial charge in [-0.3, -0.25) is 4.79 Å². The van der Waals surface area contributed by atoms with Crippen molar-refractivity contribution in [3.63, 3.8) is 0 Å². The fourth-order valence-corrected chi connectivity index (χ4v) is 1.12. The number of carbonyl (C=O) groups excluding carboxylic acids is 1. The van der Waals surface area contributed by atoms with E-state index in [2.05, 4.69) is 9.97 Å². The molecule has 0 fully saturated rings. The lowest BCUT2D eigenvalue weighted by Gasteiger charge is -2.03. The van der Waals surface area contributed by atoms with E-state index >= 15 is 0 Å². The summed E-state index contributed by atoms with van der Waals surface area (Å²) in [7, 11) is 1.49. The van der Waals surface area contributed by atoms with Crippen molar-refractivity contribution in [3.8, 4) is 5.88 Å². The second-order valence-electron chi connectivity index (χ2n) is 2.94. The number of ether oxygens (including phenoxy) is 1. The average molecular weight is 194 g/mol. The number of unbranched alkanes of at least 4 members (excludes halogenated alkanes) is 1. The molecule has 4 nitrogen and oxygen atoms in total. The minimum Gasteiger partial charge on any atom is -0.479 e. The van der Waals surface area contributed by atoms with Crippen molar-refractivity contribution in [1.29, 1.82) is 0 Å². The Kier molecular flexibility index (Phi) is 4.04. The third kappa shape index (κ3) is 2.52. The van der Waals surface area contributed by atoms with E-state index in [0.29, 0.717) is 18.0 Å². The van der Waals surface area contributed by atoms with Crippen LogP contribution in [0.5, 0.6) is 5.88 Å². The molecule has 0 N–H and O–H groups in total. The van der Waals surface area contributed by atoms with Crippen LogP contribution in [0, 0.1) is 0 Å². The van der Waals surface area contributed by atoms with Gasteiger partial charge in [0, 0.05) is 18.8 Å². The summed E-state index contributed by atoms with van der Waals surface area (Å²) in [6, 6.07) is 0. The molecule has 14 heavy (non-hydrogen) atoms. The lowest BCUT2D eigenvalue weighted by Crippen LogP contribution is -2.06. The molecule has 4 heteroatoms. The highest BCUT2D eigenvalue weighted by Crippen LogP contribution is 2.13. The Morgan fingerprint density at radius 3 is 2.79 bits per heavy atom. The van der Waals surface area contributed by atoms with Crippen molar-refractivity contribution in [1.82, 2.24) is 9.97 Å². The van der Waals surface area contributed by atoms with Gasteiger partial charge < -0.3 is 4.74 Å². The molecule has 1 rings (SSSR count). The summed E-state index contributed by atoms with van der Waals surface area (Å²) in [5.74, 6) is 0.311. The first-order valence-electron chi connectivity index (χ1n) is 4.67. The van der Waals surface area contributed by atoms with E-state index in [9.17, 15) is 4.79 Å². The number of nitrogens with zero attached hydrogens (tertiary/aromatic N) is 2. The fraction of sp³-hybridized carbons (Fsp3) is 0.500. The number of Topliss-reactive ketones (excluding diaryl/α,β-unsaturated/α-hetero) is 1. The number of hydrogen-bond donors (Lipinski definition) is 0. The van der Waals surface area contributed by atoms with Crippen LogP contribution in [0.3, 0.4) is 0 Å². The number of methoxy groups -OCH3 is 1. The van der Waals surface area contributed by atoms with E-state index in [4.69, 9.17) is 4.74 Å². The SMILES string of the molecule is CCCCC(=O)c1nccnc1OC. The number of aromatic nitrogens is 2. The first-order chi connectivity index (χ1) is 6.79. The van der Waals surface area contributed by atoms with Crippen LogP contribution in [0.25, 0.3) is 0 Å². The summed E-state index contributed by atoms with van der Waals surface area (Å²) < 4.78 is 4.95. The summed E-state index contributed by atoms with van der Waals surface area (Å²) in [6.45, 7) is 2.04. The molecule has 0 aliphatic rings. The van der Waals surface area contributed by atoms with Gasteiger partial charge in [0.1, 0.15) is 0 Å². The summed E-state index contributed by atoms with van der Waals surface area (Å²) in [4.78, 5) is 19.5.